The zero-order valence-corrected chi connectivity index (χ0v) is 21.1. The fourth-order valence-electron chi connectivity index (χ4n) is 3.07. The van der Waals surface area contributed by atoms with Crippen LogP contribution in [0.1, 0.15) is 5.56 Å². The molecule has 2 saturated heterocycles. The van der Waals surface area contributed by atoms with Gasteiger partial charge in [0.05, 0.1) is 38.3 Å². The molecular weight excluding hydrogens is 553 g/mol. The molecule has 33 heavy (non-hydrogen) atoms. The number of hydrogen-bond donors (Lipinski definition) is 1. The molecular formula is C22H18BrCl2N3O4S. The second-order valence-corrected chi connectivity index (χ2v) is 9.75. The number of amidine groups is 1. The van der Waals surface area contributed by atoms with Crippen molar-refractivity contribution in [1.82, 2.24) is 10.2 Å². The monoisotopic (exact) mass is 569 g/mol. The van der Waals surface area contributed by atoms with Gasteiger partial charge in [-0.3, -0.25) is 9.59 Å². The Balaban J connectivity index is 1.40. The van der Waals surface area contributed by atoms with Gasteiger partial charge in [-0.1, -0.05) is 29.3 Å². The Morgan fingerprint density at radius 2 is 2.00 bits per heavy atom. The molecule has 0 atom stereocenters. The van der Waals surface area contributed by atoms with Crippen molar-refractivity contribution in [1.29, 1.82) is 0 Å². The lowest BCUT2D eigenvalue weighted by molar-refractivity contribution is -0.137. The van der Waals surface area contributed by atoms with Gasteiger partial charge in [0, 0.05) is 13.1 Å². The van der Waals surface area contributed by atoms with E-state index in [0.29, 0.717) is 62.3 Å². The van der Waals surface area contributed by atoms with Crippen LogP contribution in [0.5, 0.6) is 5.75 Å². The highest BCUT2D eigenvalue weighted by Crippen LogP contribution is 2.32. The summed E-state index contributed by atoms with van der Waals surface area (Å²) < 4.78 is 11.6. The molecule has 4 rings (SSSR count). The van der Waals surface area contributed by atoms with Crippen LogP contribution in [-0.2, 0) is 14.3 Å². The molecule has 0 bridgehead atoms. The van der Waals surface area contributed by atoms with Gasteiger partial charge in [0.1, 0.15) is 5.75 Å². The Labute approximate surface area is 213 Å². The molecule has 7 nitrogen and oxygen atoms in total. The first-order valence-corrected chi connectivity index (χ1v) is 12.3. The third-order valence-electron chi connectivity index (χ3n) is 4.75. The van der Waals surface area contributed by atoms with Gasteiger partial charge in [-0.25, -0.2) is 4.99 Å². The number of hydrogen-bond acceptors (Lipinski definition) is 6. The molecule has 0 saturated carbocycles. The van der Waals surface area contributed by atoms with Crippen LogP contribution in [0.15, 0.2) is 50.8 Å². The first-order chi connectivity index (χ1) is 15.9. The first-order valence-electron chi connectivity index (χ1n) is 9.91. The number of carbonyl (C=O) groups is 2. The molecule has 0 spiro atoms. The van der Waals surface area contributed by atoms with Crippen molar-refractivity contribution in [3.05, 3.63) is 61.4 Å². The topological polar surface area (TPSA) is 80.2 Å². The summed E-state index contributed by atoms with van der Waals surface area (Å²) in [6.07, 6.45) is 1.75. The SMILES string of the molecule is O=C1NC(=Nc2ccc(Cl)c(Cl)c2)S/C1=C\c1ccc(OCC(=O)N2CCOCC2)c(Br)c1. The predicted octanol–water partition coefficient (Wildman–Crippen LogP) is 4.89. The van der Waals surface area contributed by atoms with Gasteiger partial charge in [0.2, 0.25) is 0 Å². The summed E-state index contributed by atoms with van der Waals surface area (Å²) in [7, 11) is 0. The molecule has 2 amide bonds. The largest absolute Gasteiger partial charge is 0.483 e. The number of nitrogens with zero attached hydrogens (tertiary/aromatic N) is 2. The molecule has 1 N–H and O–H groups in total. The average molecular weight is 571 g/mol. The second kappa shape index (κ2) is 10.9. The first kappa shape index (κ1) is 24.1. The molecule has 0 radical (unpaired) electrons. The molecule has 0 aliphatic carbocycles. The Morgan fingerprint density at radius 3 is 2.73 bits per heavy atom. The number of thioether (sulfide) groups is 1. The maximum atomic E-state index is 12.4. The van der Waals surface area contributed by atoms with E-state index in [2.05, 4.69) is 26.2 Å². The standard InChI is InChI=1S/C22H18BrCl2N3O4S/c23-15-9-13(1-4-18(15)32-12-20(29)28-5-7-31-8-6-28)10-19-21(30)27-22(33-19)26-14-2-3-16(24)17(25)11-14/h1-4,9-11H,5-8,12H2,(H,26,27,30)/b19-10-. The van der Waals surface area contributed by atoms with E-state index >= 15 is 0 Å². The van der Waals surface area contributed by atoms with Gasteiger partial charge in [-0.2, -0.15) is 0 Å². The molecule has 2 aliphatic heterocycles. The van der Waals surface area contributed by atoms with E-state index in [-0.39, 0.29) is 18.4 Å². The van der Waals surface area contributed by atoms with Gasteiger partial charge < -0.3 is 19.7 Å². The highest BCUT2D eigenvalue weighted by atomic mass is 79.9. The number of morpholine rings is 1. The number of rotatable bonds is 5. The average Bonchev–Trinajstić information content (AvgIpc) is 3.14. The fraction of sp³-hybridized carbons (Fsp3) is 0.227. The van der Waals surface area contributed by atoms with E-state index in [0.717, 1.165) is 5.56 Å². The number of ether oxygens (including phenoxy) is 2. The molecule has 2 aliphatic rings. The number of aliphatic imine (C=N–C) groups is 1. The molecule has 0 unspecified atom stereocenters. The van der Waals surface area contributed by atoms with E-state index in [1.54, 1.807) is 35.2 Å². The number of benzene rings is 2. The number of halogens is 3. The maximum absolute atomic E-state index is 12.4. The van der Waals surface area contributed by atoms with Crippen molar-refractivity contribution >= 4 is 79.6 Å². The van der Waals surface area contributed by atoms with Gasteiger partial charge in [-0.05, 0) is 69.7 Å². The van der Waals surface area contributed by atoms with Crippen LogP contribution in [0.2, 0.25) is 10.0 Å². The Morgan fingerprint density at radius 1 is 1.21 bits per heavy atom. The van der Waals surface area contributed by atoms with Gasteiger partial charge in [0.25, 0.3) is 11.8 Å². The summed E-state index contributed by atoms with van der Waals surface area (Å²) in [4.78, 5) is 31.3. The van der Waals surface area contributed by atoms with Crippen LogP contribution in [0.4, 0.5) is 5.69 Å². The Bertz CT molecular complexity index is 1150. The summed E-state index contributed by atoms with van der Waals surface area (Å²) in [5, 5.41) is 4.02. The molecule has 2 fully saturated rings. The summed E-state index contributed by atoms with van der Waals surface area (Å²) in [5.74, 6) is 0.222. The van der Waals surface area contributed by atoms with E-state index in [9.17, 15) is 9.59 Å². The van der Waals surface area contributed by atoms with Crippen LogP contribution in [0, 0.1) is 0 Å². The minimum atomic E-state index is -0.244. The smallest absolute Gasteiger partial charge is 0.264 e. The molecule has 11 heteroatoms. The molecule has 172 valence electrons. The molecule has 0 aromatic heterocycles. The zero-order chi connectivity index (χ0) is 23.4. The Kier molecular flexibility index (Phi) is 7.98. The van der Waals surface area contributed by atoms with E-state index in [1.807, 2.05) is 12.1 Å². The van der Waals surface area contributed by atoms with Crippen molar-refractivity contribution in [2.75, 3.05) is 32.9 Å². The maximum Gasteiger partial charge on any atom is 0.264 e. The van der Waals surface area contributed by atoms with Gasteiger partial charge in [0.15, 0.2) is 11.8 Å². The number of nitrogens with one attached hydrogen (secondary N) is 1. The molecule has 2 heterocycles. The minimum Gasteiger partial charge on any atom is -0.483 e. The fourth-order valence-corrected chi connectivity index (χ4v) is 4.72. The summed E-state index contributed by atoms with van der Waals surface area (Å²) in [5.41, 5.74) is 1.38. The lowest BCUT2D eigenvalue weighted by atomic mass is 10.2. The van der Waals surface area contributed by atoms with Crippen LogP contribution < -0.4 is 10.1 Å². The van der Waals surface area contributed by atoms with Crippen LogP contribution >= 0.6 is 50.9 Å². The highest BCUT2D eigenvalue weighted by Gasteiger charge is 2.24. The quantitative estimate of drug-likeness (QED) is 0.518. The predicted molar refractivity (Wildman–Crippen MR) is 134 cm³/mol. The molecule has 2 aromatic rings. The van der Waals surface area contributed by atoms with E-state index in [4.69, 9.17) is 32.7 Å². The van der Waals surface area contributed by atoms with Crippen molar-refractivity contribution in [3.63, 3.8) is 0 Å². The van der Waals surface area contributed by atoms with Gasteiger partial charge in [-0.15, -0.1) is 0 Å². The number of amides is 2. The lowest BCUT2D eigenvalue weighted by Gasteiger charge is -2.26. The van der Waals surface area contributed by atoms with Crippen LogP contribution in [0.25, 0.3) is 6.08 Å². The van der Waals surface area contributed by atoms with Crippen molar-refractivity contribution < 1.29 is 19.1 Å². The minimum absolute atomic E-state index is 0.0498. The zero-order valence-electron chi connectivity index (χ0n) is 17.1. The van der Waals surface area contributed by atoms with E-state index < -0.39 is 0 Å². The number of carbonyl (C=O) groups excluding carboxylic acids is 2. The highest BCUT2D eigenvalue weighted by molar-refractivity contribution is 9.10. The third kappa shape index (κ3) is 6.30. The van der Waals surface area contributed by atoms with Crippen molar-refractivity contribution in [2.24, 2.45) is 4.99 Å². The summed E-state index contributed by atoms with van der Waals surface area (Å²) >= 11 is 16.7. The Hall–Kier alpha value is -2.04. The van der Waals surface area contributed by atoms with Crippen LogP contribution in [0.3, 0.4) is 0 Å². The second-order valence-electron chi connectivity index (χ2n) is 7.05. The van der Waals surface area contributed by atoms with Crippen molar-refractivity contribution in [3.8, 4) is 5.75 Å². The van der Waals surface area contributed by atoms with Crippen LogP contribution in [-0.4, -0.2) is 54.8 Å². The summed E-state index contributed by atoms with van der Waals surface area (Å²) in [6.45, 7) is 2.19. The molecule has 2 aromatic carbocycles. The summed E-state index contributed by atoms with van der Waals surface area (Å²) in [6, 6.07) is 10.4. The van der Waals surface area contributed by atoms with Crippen molar-refractivity contribution in [2.45, 2.75) is 0 Å². The van der Waals surface area contributed by atoms with E-state index in [1.165, 1.54) is 11.8 Å². The lowest BCUT2D eigenvalue weighted by Crippen LogP contribution is -2.43. The van der Waals surface area contributed by atoms with Gasteiger partial charge >= 0.3 is 0 Å². The third-order valence-corrected chi connectivity index (χ3v) is 7.02. The normalized spacial score (nSPS) is 18.6.